The molecule has 0 spiro atoms. The van der Waals surface area contributed by atoms with E-state index in [0.29, 0.717) is 24.2 Å². The van der Waals surface area contributed by atoms with Crippen LogP contribution < -0.4 is 16.0 Å². The summed E-state index contributed by atoms with van der Waals surface area (Å²) < 4.78 is 0. The zero-order valence-electron chi connectivity index (χ0n) is 14.6. The number of nitrogens with zero attached hydrogens (tertiary/aromatic N) is 1. The van der Waals surface area contributed by atoms with Gasteiger partial charge in [-0.2, -0.15) is 0 Å². The van der Waals surface area contributed by atoms with E-state index >= 15 is 0 Å². The van der Waals surface area contributed by atoms with Crippen molar-refractivity contribution in [1.29, 1.82) is 0 Å². The molecule has 1 heterocycles. The largest absolute Gasteiger partial charge is 0.399 e. The highest BCUT2D eigenvalue weighted by molar-refractivity contribution is 6.03. The number of nitrogens with one attached hydrogen (secondary N) is 1. The van der Waals surface area contributed by atoms with Crippen LogP contribution in [0.2, 0.25) is 0 Å². The van der Waals surface area contributed by atoms with Crippen molar-refractivity contribution in [3.63, 3.8) is 0 Å². The van der Waals surface area contributed by atoms with Crippen molar-refractivity contribution in [3.8, 4) is 0 Å². The molecular weight excluding hydrogens is 314 g/mol. The Morgan fingerprint density at radius 3 is 2.60 bits per heavy atom. The lowest BCUT2D eigenvalue weighted by Gasteiger charge is -2.32. The van der Waals surface area contributed by atoms with Crippen molar-refractivity contribution in [2.24, 2.45) is 0 Å². The minimum Gasteiger partial charge on any atom is -0.399 e. The molecule has 130 valence electrons. The summed E-state index contributed by atoms with van der Waals surface area (Å²) >= 11 is 0. The fourth-order valence-electron chi connectivity index (χ4n) is 3.11. The SMILES string of the molecule is Cc1ccc(N2CCCC(NC(=O)c3cc(N)ccc3C)C2=O)cc1. The molecule has 2 aromatic rings. The van der Waals surface area contributed by atoms with Crippen molar-refractivity contribution in [2.75, 3.05) is 17.2 Å². The molecule has 1 unspecified atom stereocenters. The number of rotatable bonds is 3. The second-order valence-electron chi connectivity index (χ2n) is 6.57. The monoisotopic (exact) mass is 337 g/mol. The maximum absolute atomic E-state index is 12.8. The van der Waals surface area contributed by atoms with Crippen molar-refractivity contribution in [2.45, 2.75) is 32.7 Å². The Balaban J connectivity index is 1.76. The molecule has 2 aromatic carbocycles. The molecule has 0 aromatic heterocycles. The van der Waals surface area contributed by atoms with Crippen LogP contribution in [0.5, 0.6) is 0 Å². The minimum atomic E-state index is -0.511. The first-order chi connectivity index (χ1) is 12.0. The highest BCUT2D eigenvalue weighted by Crippen LogP contribution is 2.22. The maximum atomic E-state index is 12.8. The first-order valence-electron chi connectivity index (χ1n) is 8.51. The average Bonchev–Trinajstić information content (AvgIpc) is 2.60. The number of hydrogen-bond acceptors (Lipinski definition) is 3. The fraction of sp³-hybridized carbons (Fsp3) is 0.300. The maximum Gasteiger partial charge on any atom is 0.252 e. The molecule has 1 saturated heterocycles. The lowest BCUT2D eigenvalue weighted by atomic mass is 10.0. The van der Waals surface area contributed by atoms with Crippen LogP contribution in [0.3, 0.4) is 0 Å². The quantitative estimate of drug-likeness (QED) is 0.846. The third-order valence-corrected chi connectivity index (χ3v) is 4.60. The van der Waals surface area contributed by atoms with E-state index in [2.05, 4.69) is 5.32 Å². The Kier molecular flexibility index (Phi) is 4.74. The molecule has 1 aliphatic heterocycles. The van der Waals surface area contributed by atoms with Crippen molar-refractivity contribution < 1.29 is 9.59 Å². The molecule has 3 N–H and O–H groups in total. The molecule has 25 heavy (non-hydrogen) atoms. The van der Waals surface area contributed by atoms with Gasteiger partial charge in [0.1, 0.15) is 6.04 Å². The number of carbonyl (C=O) groups excluding carboxylic acids is 2. The lowest BCUT2D eigenvalue weighted by Crippen LogP contribution is -2.52. The normalized spacial score (nSPS) is 17.4. The van der Waals surface area contributed by atoms with Crippen molar-refractivity contribution in [1.82, 2.24) is 5.32 Å². The van der Waals surface area contributed by atoms with Gasteiger partial charge in [-0.15, -0.1) is 0 Å². The van der Waals surface area contributed by atoms with E-state index in [-0.39, 0.29) is 11.8 Å². The predicted octanol–water partition coefficient (Wildman–Crippen LogP) is 2.81. The molecule has 1 atom stereocenters. The van der Waals surface area contributed by atoms with E-state index in [1.54, 1.807) is 17.0 Å². The first kappa shape index (κ1) is 17.0. The molecule has 1 fully saturated rings. The van der Waals surface area contributed by atoms with Crippen LogP contribution in [0.15, 0.2) is 42.5 Å². The van der Waals surface area contributed by atoms with Gasteiger partial charge in [-0.25, -0.2) is 0 Å². The zero-order valence-corrected chi connectivity index (χ0v) is 14.6. The van der Waals surface area contributed by atoms with Crippen LogP contribution in [-0.2, 0) is 4.79 Å². The minimum absolute atomic E-state index is 0.0648. The third-order valence-electron chi connectivity index (χ3n) is 4.60. The Bertz CT molecular complexity index is 799. The summed E-state index contributed by atoms with van der Waals surface area (Å²) in [5.41, 5.74) is 9.69. The predicted molar refractivity (Wildman–Crippen MR) is 99.6 cm³/mol. The standard InChI is InChI=1S/C20H23N3O2/c1-13-5-9-16(10-6-13)23-11-3-4-18(20(23)25)22-19(24)17-12-15(21)8-7-14(17)2/h5-10,12,18H,3-4,11,21H2,1-2H3,(H,22,24). The molecule has 0 saturated carbocycles. The van der Waals surface area contributed by atoms with Gasteiger partial charge < -0.3 is 16.0 Å². The number of aryl methyl sites for hydroxylation is 2. The van der Waals surface area contributed by atoms with Crippen LogP contribution in [0.4, 0.5) is 11.4 Å². The topological polar surface area (TPSA) is 75.4 Å². The second-order valence-corrected chi connectivity index (χ2v) is 6.57. The summed E-state index contributed by atoms with van der Waals surface area (Å²) in [6.07, 6.45) is 1.49. The lowest BCUT2D eigenvalue weighted by molar-refractivity contribution is -0.121. The molecular formula is C20H23N3O2. The van der Waals surface area contributed by atoms with Gasteiger partial charge in [-0.1, -0.05) is 23.8 Å². The molecule has 0 aliphatic carbocycles. The van der Waals surface area contributed by atoms with Gasteiger partial charge in [0.05, 0.1) is 0 Å². The highest BCUT2D eigenvalue weighted by atomic mass is 16.2. The van der Waals surface area contributed by atoms with E-state index in [9.17, 15) is 9.59 Å². The highest BCUT2D eigenvalue weighted by Gasteiger charge is 2.31. The fourth-order valence-corrected chi connectivity index (χ4v) is 3.11. The molecule has 0 radical (unpaired) electrons. The van der Waals surface area contributed by atoms with Crippen LogP contribution in [0.25, 0.3) is 0 Å². The summed E-state index contributed by atoms with van der Waals surface area (Å²) in [5, 5.41) is 2.88. The van der Waals surface area contributed by atoms with E-state index < -0.39 is 6.04 Å². The van der Waals surface area contributed by atoms with E-state index in [1.807, 2.05) is 44.2 Å². The van der Waals surface area contributed by atoms with E-state index in [1.165, 1.54) is 0 Å². The second kappa shape index (κ2) is 6.97. The summed E-state index contributed by atoms with van der Waals surface area (Å²) in [7, 11) is 0. The van der Waals surface area contributed by atoms with Crippen molar-refractivity contribution in [3.05, 3.63) is 59.2 Å². The number of amides is 2. The van der Waals surface area contributed by atoms with E-state index in [0.717, 1.165) is 23.2 Å². The summed E-state index contributed by atoms with van der Waals surface area (Å²) in [5.74, 6) is -0.320. The number of anilines is 2. The van der Waals surface area contributed by atoms with Gasteiger partial charge in [-0.3, -0.25) is 9.59 Å². The van der Waals surface area contributed by atoms with Crippen molar-refractivity contribution >= 4 is 23.2 Å². The summed E-state index contributed by atoms with van der Waals surface area (Å²) in [6.45, 7) is 4.54. The number of nitrogen functional groups attached to an aromatic ring is 1. The molecule has 2 amide bonds. The summed E-state index contributed by atoms with van der Waals surface area (Å²) in [4.78, 5) is 27.1. The van der Waals surface area contributed by atoms with Gasteiger partial charge in [0.15, 0.2) is 0 Å². The van der Waals surface area contributed by atoms with Crippen LogP contribution in [0.1, 0.15) is 34.3 Å². The third kappa shape index (κ3) is 3.65. The molecule has 3 rings (SSSR count). The van der Waals surface area contributed by atoms with Gasteiger partial charge in [0, 0.05) is 23.5 Å². The Hall–Kier alpha value is -2.82. The van der Waals surface area contributed by atoms with Gasteiger partial charge in [-0.05, 0) is 56.5 Å². The zero-order chi connectivity index (χ0) is 18.0. The van der Waals surface area contributed by atoms with Crippen LogP contribution in [-0.4, -0.2) is 24.4 Å². The number of hydrogen-bond donors (Lipinski definition) is 2. The van der Waals surface area contributed by atoms with Gasteiger partial charge >= 0.3 is 0 Å². The molecule has 5 heteroatoms. The first-order valence-corrected chi connectivity index (χ1v) is 8.51. The molecule has 5 nitrogen and oxygen atoms in total. The Labute approximate surface area is 147 Å². The average molecular weight is 337 g/mol. The summed E-state index contributed by atoms with van der Waals surface area (Å²) in [6, 6.07) is 12.6. The Morgan fingerprint density at radius 1 is 1.16 bits per heavy atom. The number of nitrogens with two attached hydrogens (primary N) is 1. The number of benzene rings is 2. The smallest absolute Gasteiger partial charge is 0.252 e. The Morgan fingerprint density at radius 2 is 1.88 bits per heavy atom. The van der Waals surface area contributed by atoms with Gasteiger partial charge in [0.25, 0.3) is 5.91 Å². The van der Waals surface area contributed by atoms with Gasteiger partial charge in [0.2, 0.25) is 5.91 Å². The molecule has 1 aliphatic rings. The molecule has 0 bridgehead atoms. The number of piperidine rings is 1. The van der Waals surface area contributed by atoms with E-state index in [4.69, 9.17) is 5.73 Å². The van der Waals surface area contributed by atoms with Crippen LogP contribution in [0, 0.1) is 13.8 Å². The van der Waals surface area contributed by atoms with Crippen LogP contribution >= 0.6 is 0 Å². The number of carbonyl (C=O) groups is 2.